The molecule has 4 fully saturated rings. The van der Waals surface area contributed by atoms with Crippen molar-refractivity contribution in [2.75, 3.05) is 13.1 Å². The van der Waals surface area contributed by atoms with Gasteiger partial charge in [-0.05, 0) is 56.9 Å². The van der Waals surface area contributed by atoms with Crippen molar-refractivity contribution < 1.29 is 0 Å². The average Bonchev–Trinajstić information content (AvgIpc) is 2.44. The van der Waals surface area contributed by atoms with E-state index < -0.39 is 0 Å². The minimum atomic E-state index is 1.01. The maximum absolute atomic E-state index is 2.80. The molecule has 3 saturated heterocycles. The molecule has 4 rings (SSSR count). The fraction of sp³-hybridized carbons (Fsp3) is 1.00. The predicted molar refractivity (Wildman–Crippen MR) is 50.0 cm³/mol. The molecule has 1 unspecified atom stereocenters. The zero-order chi connectivity index (χ0) is 7.97. The lowest BCUT2D eigenvalue weighted by atomic mass is 9.80. The molecule has 1 heteroatoms. The van der Waals surface area contributed by atoms with Crippen molar-refractivity contribution in [1.82, 2.24) is 4.90 Å². The Morgan fingerprint density at radius 1 is 0.917 bits per heavy atom. The van der Waals surface area contributed by atoms with E-state index in [9.17, 15) is 0 Å². The quantitative estimate of drug-likeness (QED) is 0.532. The van der Waals surface area contributed by atoms with Crippen LogP contribution in [0.25, 0.3) is 0 Å². The largest absolute Gasteiger partial charge is 0.300 e. The number of nitrogens with zero attached hydrogens (tertiary/aromatic N) is 1. The highest BCUT2D eigenvalue weighted by atomic mass is 15.2. The van der Waals surface area contributed by atoms with Gasteiger partial charge >= 0.3 is 0 Å². The van der Waals surface area contributed by atoms with E-state index in [-0.39, 0.29) is 0 Å². The van der Waals surface area contributed by atoms with E-state index >= 15 is 0 Å². The van der Waals surface area contributed by atoms with Crippen molar-refractivity contribution >= 4 is 0 Å². The molecular weight excluding hydrogens is 146 g/mol. The number of fused-ring (bicyclic) bond motifs is 2. The molecule has 1 aliphatic carbocycles. The van der Waals surface area contributed by atoms with Gasteiger partial charge < -0.3 is 0 Å². The van der Waals surface area contributed by atoms with E-state index in [4.69, 9.17) is 0 Å². The molecule has 3 aliphatic heterocycles. The third-order valence-corrected chi connectivity index (χ3v) is 4.34. The van der Waals surface area contributed by atoms with Crippen molar-refractivity contribution in [2.24, 2.45) is 11.8 Å². The summed E-state index contributed by atoms with van der Waals surface area (Å²) in [5.74, 6) is 2.16. The van der Waals surface area contributed by atoms with Crippen LogP contribution in [0.5, 0.6) is 0 Å². The smallest absolute Gasteiger partial charge is 0.0124 e. The Hall–Kier alpha value is -0.0400. The molecule has 1 atom stereocenters. The molecule has 0 aromatic rings. The Morgan fingerprint density at radius 3 is 2.58 bits per heavy atom. The van der Waals surface area contributed by atoms with E-state index in [1.165, 1.54) is 38.8 Å². The molecule has 1 nitrogen and oxygen atoms in total. The highest BCUT2D eigenvalue weighted by molar-refractivity contribution is 4.93. The topological polar surface area (TPSA) is 3.24 Å². The standard InChI is InChI=1S/C11H19N/c1-2-11-10-5-3-9(4-6-10)8-12(11)7-1/h9-11H,1-8H2. The van der Waals surface area contributed by atoms with Crippen LogP contribution in [-0.2, 0) is 0 Å². The molecule has 0 radical (unpaired) electrons. The summed E-state index contributed by atoms with van der Waals surface area (Å²) < 4.78 is 0. The Balaban J connectivity index is 1.86. The highest BCUT2D eigenvalue weighted by Crippen LogP contribution is 2.41. The summed E-state index contributed by atoms with van der Waals surface area (Å²) >= 11 is 0. The van der Waals surface area contributed by atoms with Crippen molar-refractivity contribution in [3.8, 4) is 0 Å². The molecule has 0 aromatic carbocycles. The molecule has 3 heterocycles. The molecule has 2 bridgehead atoms. The van der Waals surface area contributed by atoms with Gasteiger partial charge in [-0.15, -0.1) is 0 Å². The van der Waals surface area contributed by atoms with Gasteiger partial charge in [-0.25, -0.2) is 0 Å². The molecular formula is C11H19N. The van der Waals surface area contributed by atoms with Gasteiger partial charge in [-0.2, -0.15) is 0 Å². The summed E-state index contributed by atoms with van der Waals surface area (Å²) in [5, 5.41) is 0. The van der Waals surface area contributed by atoms with Gasteiger partial charge in [0.1, 0.15) is 0 Å². The van der Waals surface area contributed by atoms with Gasteiger partial charge in [0.15, 0.2) is 0 Å². The van der Waals surface area contributed by atoms with Gasteiger partial charge in [0.2, 0.25) is 0 Å². The zero-order valence-corrected chi connectivity index (χ0v) is 7.84. The van der Waals surface area contributed by atoms with Crippen LogP contribution in [0.1, 0.15) is 38.5 Å². The second-order valence-electron chi connectivity index (χ2n) is 4.99. The fourth-order valence-electron chi connectivity index (χ4n) is 3.70. The first-order chi connectivity index (χ1) is 5.93. The van der Waals surface area contributed by atoms with Gasteiger partial charge in [-0.1, -0.05) is 0 Å². The van der Waals surface area contributed by atoms with E-state index in [1.807, 2.05) is 0 Å². The average molecular weight is 165 g/mol. The van der Waals surface area contributed by atoms with Crippen molar-refractivity contribution in [2.45, 2.75) is 44.6 Å². The first-order valence-corrected chi connectivity index (χ1v) is 5.67. The summed E-state index contributed by atoms with van der Waals surface area (Å²) in [7, 11) is 0. The molecule has 68 valence electrons. The van der Waals surface area contributed by atoms with E-state index in [2.05, 4.69) is 4.90 Å². The van der Waals surface area contributed by atoms with Crippen LogP contribution < -0.4 is 0 Å². The second-order valence-corrected chi connectivity index (χ2v) is 4.99. The molecule has 12 heavy (non-hydrogen) atoms. The van der Waals surface area contributed by atoms with Crippen LogP contribution in [0.2, 0.25) is 0 Å². The van der Waals surface area contributed by atoms with Crippen LogP contribution >= 0.6 is 0 Å². The SMILES string of the molecule is C1CC2C3CCC(CC3)CN2C1. The van der Waals surface area contributed by atoms with Gasteiger partial charge in [0.25, 0.3) is 0 Å². The summed E-state index contributed by atoms with van der Waals surface area (Å²) in [4.78, 5) is 2.80. The molecule has 1 saturated carbocycles. The molecule has 0 N–H and O–H groups in total. The van der Waals surface area contributed by atoms with Gasteiger partial charge in [0, 0.05) is 12.6 Å². The maximum Gasteiger partial charge on any atom is 0.0124 e. The van der Waals surface area contributed by atoms with E-state index in [0.717, 1.165) is 17.9 Å². The third-order valence-electron chi connectivity index (χ3n) is 4.34. The normalized spacial score (nSPS) is 47.5. The Labute approximate surface area is 75.1 Å². The first-order valence-electron chi connectivity index (χ1n) is 5.67. The first kappa shape index (κ1) is 7.37. The number of hydrogen-bond donors (Lipinski definition) is 0. The summed E-state index contributed by atoms with van der Waals surface area (Å²) in [5.41, 5.74) is 0. The lowest BCUT2D eigenvalue weighted by molar-refractivity contribution is 0.214. The Kier molecular flexibility index (Phi) is 1.68. The molecule has 0 amide bonds. The van der Waals surface area contributed by atoms with Crippen LogP contribution in [-0.4, -0.2) is 24.0 Å². The van der Waals surface area contributed by atoms with Gasteiger partial charge in [-0.3, -0.25) is 4.90 Å². The third kappa shape index (κ3) is 1.02. The van der Waals surface area contributed by atoms with Crippen LogP contribution in [0.4, 0.5) is 0 Å². The van der Waals surface area contributed by atoms with Crippen molar-refractivity contribution in [3.63, 3.8) is 0 Å². The molecule has 4 aliphatic rings. The number of rotatable bonds is 0. The van der Waals surface area contributed by atoms with Gasteiger partial charge in [0.05, 0.1) is 0 Å². The monoisotopic (exact) mass is 165 g/mol. The lowest BCUT2D eigenvalue weighted by Gasteiger charge is -2.27. The maximum atomic E-state index is 2.80. The van der Waals surface area contributed by atoms with Crippen LogP contribution in [0, 0.1) is 11.8 Å². The summed E-state index contributed by atoms with van der Waals surface area (Å²) in [6.07, 6.45) is 9.16. The zero-order valence-electron chi connectivity index (χ0n) is 7.84. The second kappa shape index (κ2) is 2.73. The van der Waals surface area contributed by atoms with Crippen LogP contribution in [0.3, 0.4) is 0 Å². The highest BCUT2D eigenvalue weighted by Gasteiger charge is 2.38. The van der Waals surface area contributed by atoms with E-state index in [0.29, 0.717) is 0 Å². The predicted octanol–water partition coefficient (Wildman–Crippen LogP) is 2.27. The Morgan fingerprint density at radius 2 is 1.75 bits per heavy atom. The Bertz CT molecular complexity index is 168. The fourth-order valence-corrected chi connectivity index (χ4v) is 3.70. The van der Waals surface area contributed by atoms with Crippen LogP contribution in [0.15, 0.2) is 0 Å². The lowest BCUT2D eigenvalue weighted by Crippen LogP contribution is -2.33. The minimum Gasteiger partial charge on any atom is -0.300 e. The summed E-state index contributed by atoms with van der Waals surface area (Å²) in [6, 6.07) is 1.01. The van der Waals surface area contributed by atoms with Crippen molar-refractivity contribution in [1.29, 1.82) is 0 Å². The van der Waals surface area contributed by atoms with Crippen molar-refractivity contribution in [3.05, 3.63) is 0 Å². The number of hydrogen-bond acceptors (Lipinski definition) is 1. The summed E-state index contributed by atoms with van der Waals surface area (Å²) in [6.45, 7) is 2.86. The molecule has 0 spiro atoms. The molecule has 0 aromatic heterocycles. The minimum absolute atomic E-state index is 1.01. The van der Waals surface area contributed by atoms with E-state index in [1.54, 1.807) is 12.8 Å².